The summed E-state index contributed by atoms with van der Waals surface area (Å²) in [5, 5.41) is 3.94. The van der Waals surface area contributed by atoms with Crippen molar-refractivity contribution < 1.29 is 4.52 Å². The molecule has 1 aromatic rings. The van der Waals surface area contributed by atoms with Gasteiger partial charge in [0.15, 0.2) is 0 Å². The number of aromatic nitrogens is 1. The predicted octanol–water partition coefficient (Wildman–Crippen LogP) is 3.57. The topological polar surface area (TPSA) is 26.0 Å². The summed E-state index contributed by atoms with van der Waals surface area (Å²) in [4.78, 5) is 0. The van der Waals surface area contributed by atoms with Gasteiger partial charge in [-0.05, 0) is 25.0 Å². The maximum absolute atomic E-state index is 5.11. The SMILES string of the molecule is Cc1noc(C)c1CSCC(C)(C)C. The number of rotatable bonds is 3. The molecule has 80 valence electrons. The molecule has 3 heteroatoms. The highest BCUT2D eigenvalue weighted by atomic mass is 32.2. The van der Waals surface area contributed by atoms with E-state index in [9.17, 15) is 0 Å². The van der Waals surface area contributed by atoms with Crippen molar-refractivity contribution in [3.8, 4) is 0 Å². The van der Waals surface area contributed by atoms with Crippen LogP contribution in [0.5, 0.6) is 0 Å². The van der Waals surface area contributed by atoms with Gasteiger partial charge in [0.25, 0.3) is 0 Å². The fourth-order valence-corrected chi connectivity index (χ4v) is 2.50. The van der Waals surface area contributed by atoms with Crippen LogP contribution in [0.4, 0.5) is 0 Å². The highest BCUT2D eigenvalue weighted by Gasteiger charge is 2.13. The standard InChI is InChI=1S/C11H19NOS/c1-8-10(9(2)13-12-8)6-14-7-11(3,4)5/h6-7H2,1-5H3. The fourth-order valence-electron chi connectivity index (χ4n) is 1.17. The van der Waals surface area contributed by atoms with E-state index >= 15 is 0 Å². The predicted molar refractivity (Wildman–Crippen MR) is 61.6 cm³/mol. The van der Waals surface area contributed by atoms with E-state index in [0.29, 0.717) is 5.41 Å². The lowest BCUT2D eigenvalue weighted by atomic mass is 10.0. The third-order valence-corrected chi connectivity index (χ3v) is 3.53. The highest BCUT2D eigenvalue weighted by molar-refractivity contribution is 7.98. The second-order valence-electron chi connectivity index (χ2n) is 4.86. The van der Waals surface area contributed by atoms with Crippen LogP contribution in [-0.2, 0) is 5.75 Å². The van der Waals surface area contributed by atoms with Gasteiger partial charge in [-0.25, -0.2) is 0 Å². The number of hydrogen-bond donors (Lipinski definition) is 0. The van der Waals surface area contributed by atoms with Gasteiger partial charge in [-0.3, -0.25) is 0 Å². The summed E-state index contributed by atoms with van der Waals surface area (Å²) in [6, 6.07) is 0. The van der Waals surface area contributed by atoms with Crippen molar-refractivity contribution in [2.45, 2.75) is 40.4 Å². The van der Waals surface area contributed by atoms with Crippen molar-refractivity contribution >= 4 is 11.8 Å². The molecule has 0 saturated heterocycles. The largest absolute Gasteiger partial charge is 0.361 e. The lowest BCUT2D eigenvalue weighted by Crippen LogP contribution is -2.08. The molecule has 0 amide bonds. The van der Waals surface area contributed by atoms with Crippen LogP contribution < -0.4 is 0 Å². The molecule has 14 heavy (non-hydrogen) atoms. The summed E-state index contributed by atoms with van der Waals surface area (Å²) in [7, 11) is 0. The number of aryl methyl sites for hydroxylation is 2. The Morgan fingerprint density at radius 3 is 2.36 bits per heavy atom. The van der Waals surface area contributed by atoms with E-state index in [1.807, 2.05) is 25.6 Å². The summed E-state index contributed by atoms with van der Waals surface area (Å²) < 4.78 is 5.11. The maximum Gasteiger partial charge on any atom is 0.137 e. The summed E-state index contributed by atoms with van der Waals surface area (Å²) in [5.74, 6) is 3.14. The van der Waals surface area contributed by atoms with E-state index in [1.54, 1.807) is 0 Å². The molecule has 0 spiro atoms. The Morgan fingerprint density at radius 2 is 1.93 bits per heavy atom. The molecule has 0 N–H and O–H groups in total. The molecule has 0 radical (unpaired) electrons. The minimum Gasteiger partial charge on any atom is -0.361 e. The molecule has 1 aromatic heterocycles. The van der Waals surface area contributed by atoms with E-state index < -0.39 is 0 Å². The molecule has 0 atom stereocenters. The first-order chi connectivity index (χ1) is 6.40. The van der Waals surface area contributed by atoms with Gasteiger partial charge < -0.3 is 4.52 Å². The first kappa shape index (κ1) is 11.6. The van der Waals surface area contributed by atoms with Crippen molar-refractivity contribution in [2.75, 3.05) is 5.75 Å². The Balaban J connectivity index is 2.46. The van der Waals surface area contributed by atoms with Gasteiger partial charge in [-0.15, -0.1) is 0 Å². The molecule has 0 unspecified atom stereocenters. The third kappa shape index (κ3) is 3.37. The minimum atomic E-state index is 0.393. The zero-order valence-electron chi connectivity index (χ0n) is 9.68. The molecular formula is C11H19NOS. The van der Waals surface area contributed by atoms with Crippen molar-refractivity contribution in [3.05, 3.63) is 17.0 Å². The fraction of sp³-hybridized carbons (Fsp3) is 0.727. The molecule has 0 aliphatic rings. The monoisotopic (exact) mass is 213 g/mol. The lowest BCUT2D eigenvalue weighted by Gasteiger charge is -2.16. The van der Waals surface area contributed by atoms with Gasteiger partial charge >= 0.3 is 0 Å². The Bertz CT molecular complexity index is 279. The van der Waals surface area contributed by atoms with Crippen molar-refractivity contribution in [3.63, 3.8) is 0 Å². The molecule has 0 aliphatic heterocycles. The summed E-state index contributed by atoms with van der Waals surface area (Å²) in [6.45, 7) is 10.8. The van der Waals surface area contributed by atoms with Crippen molar-refractivity contribution in [2.24, 2.45) is 5.41 Å². The van der Waals surface area contributed by atoms with Gasteiger partial charge in [0, 0.05) is 11.3 Å². The van der Waals surface area contributed by atoms with Crippen molar-refractivity contribution in [1.82, 2.24) is 5.16 Å². The molecule has 0 bridgehead atoms. The lowest BCUT2D eigenvalue weighted by molar-refractivity contribution is 0.392. The second kappa shape index (κ2) is 4.39. The molecular weight excluding hydrogens is 194 g/mol. The average Bonchev–Trinajstić information content (AvgIpc) is 2.33. The quantitative estimate of drug-likeness (QED) is 0.767. The number of thioether (sulfide) groups is 1. The molecule has 0 fully saturated rings. The van der Waals surface area contributed by atoms with Crippen LogP contribution in [0, 0.1) is 19.3 Å². The van der Waals surface area contributed by atoms with E-state index in [1.165, 1.54) is 5.56 Å². The van der Waals surface area contributed by atoms with Crippen LogP contribution in [-0.4, -0.2) is 10.9 Å². The number of hydrogen-bond acceptors (Lipinski definition) is 3. The molecule has 0 aliphatic carbocycles. The zero-order chi connectivity index (χ0) is 10.8. The zero-order valence-corrected chi connectivity index (χ0v) is 10.5. The van der Waals surface area contributed by atoms with Gasteiger partial charge in [0.05, 0.1) is 5.69 Å². The van der Waals surface area contributed by atoms with Crippen LogP contribution in [0.25, 0.3) is 0 Å². The van der Waals surface area contributed by atoms with E-state index in [0.717, 1.165) is 23.0 Å². The van der Waals surface area contributed by atoms with E-state index in [4.69, 9.17) is 4.52 Å². The Kier molecular flexibility index (Phi) is 3.65. The van der Waals surface area contributed by atoms with Gasteiger partial charge in [0.2, 0.25) is 0 Å². The van der Waals surface area contributed by atoms with Gasteiger partial charge in [-0.1, -0.05) is 25.9 Å². The normalized spacial score (nSPS) is 12.1. The first-order valence-electron chi connectivity index (χ1n) is 4.89. The summed E-state index contributed by atoms with van der Waals surface area (Å²) in [5.41, 5.74) is 2.69. The minimum absolute atomic E-state index is 0.393. The first-order valence-corrected chi connectivity index (χ1v) is 6.05. The van der Waals surface area contributed by atoms with Crippen LogP contribution in [0.3, 0.4) is 0 Å². The van der Waals surface area contributed by atoms with E-state index in [-0.39, 0.29) is 0 Å². The molecule has 1 rings (SSSR count). The average molecular weight is 213 g/mol. The van der Waals surface area contributed by atoms with Crippen LogP contribution in [0.1, 0.15) is 37.8 Å². The second-order valence-corrected chi connectivity index (χ2v) is 5.84. The Labute approximate surface area is 90.4 Å². The maximum atomic E-state index is 5.11. The van der Waals surface area contributed by atoms with Crippen LogP contribution in [0.2, 0.25) is 0 Å². The highest BCUT2D eigenvalue weighted by Crippen LogP contribution is 2.25. The Morgan fingerprint density at radius 1 is 1.29 bits per heavy atom. The van der Waals surface area contributed by atoms with Crippen molar-refractivity contribution in [1.29, 1.82) is 0 Å². The molecule has 0 aromatic carbocycles. The van der Waals surface area contributed by atoms with Gasteiger partial charge in [-0.2, -0.15) is 11.8 Å². The summed E-state index contributed by atoms with van der Waals surface area (Å²) in [6.07, 6.45) is 0. The molecule has 0 saturated carbocycles. The Hall–Kier alpha value is -0.440. The summed E-state index contributed by atoms with van der Waals surface area (Å²) >= 11 is 1.95. The van der Waals surface area contributed by atoms with Crippen LogP contribution >= 0.6 is 11.8 Å². The van der Waals surface area contributed by atoms with Gasteiger partial charge in [0.1, 0.15) is 5.76 Å². The number of nitrogens with zero attached hydrogens (tertiary/aromatic N) is 1. The smallest absolute Gasteiger partial charge is 0.137 e. The van der Waals surface area contributed by atoms with E-state index in [2.05, 4.69) is 25.9 Å². The third-order valence-electron chi connectivity index (χ3n) is 1.96. The molecule has 1 heterocycles. The molecule has 2 nitrogen and oxygen atoms in total. The van der Waals surface area contributed by atoms with Crippen LogP contribution in [0.15, 0.2) is 4.52 Å².